The van der Waals surface area contributed by atoms with Gasteiger partial charge in [0.1, 0.15) is 0 Å². The summed E-state index contributed by atoms with van der Waals surface area (Å²) < 4.78 is 0. The summed E-state index contributed by atoms with van der Waals surface area (Å²) in [5, 5.41) is 3.03. The molecule has 0 atom stereocenters. The highest BCUT2D eigenvalue weighted by atomic mass is 16.2. The zero-order chi connectivity index (χ0) is 17.1. The molecule has 0 fully saturated rings. The second-order valence-corrected chi connectivity index (χ2v) is 5.98. The molecule has 1 aromatic heterocycles. The van der Waals surface area contributed by atoms with E-state index in [4.69, 9.17) is 0 Å². The Balaban J connectivity index is 1.86. The van der Waals surface area contributed by atoms with Gasteiger partial charge < -0.3 is 10.2 Å². The molecular formula is C19H22N4O. The fourth-order valence-corrected chi connectivity index (χ4v) is 2.89. The van der Waals surface area contributed by atoms with Crippen molar-refractivity contribution in [2.24, 2.45) is 0 Å². The Hall–Kier alpha value is -2.82. The maximum absolute atomic E-state index is 12.8. The van der Waals surface area contributed by atoms with Crippen LogP contribution in [-0.2, 0) is 0 Å². The molecule has 0 aliphatic carbocycles. The summed E-state index contributed by atoms with van der Waals surface area (Å²) >= 11 is 0. The molecule has 0 unspecified atom stereocenters. The molecule has 2 amide bonds. The molecule has 0 bridgehead atoms. The smallest absolute Gasteiger partial charge is 0.326 e. The van der Waals surface area contributed by atoms with Crippen molar-refractivity contribution in [3.63, 3.8) is 0 Å². The normalized spacial score (nSPS) is 13.4. The average molecular weight is 322 g/mol. The number of fused-ring (bicyclic) bond motifs is 1. The first-order valence-electron chi connectivity index (χ1n) is 8.07. The standard InChI is InChI=1S/C19H22N4O/c1-4-10-22-11-12-23(17-6-5-9-20-18(17)22)19(24)21-16-13-14(2)7-8-15(16)3/h4-9,13H,1,10-12H2,2-3H3,(H,21,24). The Morgan fingerprint density at radius 1 is 1.33 bits per heavy atom. The number of hydrogen-bond acceptors (Lipinski definition) is 3. The predicted molar refractivity (Wildman–Crippen MR) is 98.9 cm³/mol. The molecular weight excluding hydrogens is 300 g/mol. The molecule has 24 heavy (non-hydrogen) atoms. The van der Waals surface area contributed by atoms with E-state index in [0.717, 1.165) is 41.4 Å². The summed E-state index contributed by atoms with van der Waals surface area (Å²) in [6.07, 6.45) is 3.60. The highest BCUT2D eigenvalue weighted by Crippen LogP contribution is 2.31. The number of amides is 2. The van der Waals surface area contributed by atoms with Crippen molar-refractivity contribution in [3.05, 3.63) is 60.3 Å². The van der Waals surface area contributed by atoms with E-state index in [1.165, 1.54) is 0 Å². The monoisotopic (exact) mass is 322 g/mol. The summed E-state index contributed by atoms with van der Waals surface area (Å²) in [4.78, 5) is 21.1. The third-order valence-electron chi connectivity index (χ3n) is 4.18. The van der Waals surface area contributed by atoms with E-state index >= 15 is 0 Å². The molecule has 3 rings (SSSR count). The van der Waals surface area contributed by atoms with E-state index in [2.05, 4.69) is 21.8 Å². The number of carbonyl (C=O) groups excluding carboxylic acids is 1. The summed E-state index contributed by atoms with van der Waals surface area (Å²) in [5.74, 6) is 0.819. The molecule has 1 N–H and O–H groups in total. The number of urea groups is 1. The summed E-state index contributed by atoms with van der Waals surface area (Å²) in [6.45, 7) is 9.87. The SMILES string of the molecule is C=CCN1CCN(C(=O)Nc2cc(C)ccc2C)c2cccnc21. The first-order chi connectivity index (χ1) is 11.6. The van der Waals surface area contributed by atoms with Crippen LogP contribution in [0.3, 0.4) is 0 Å². The van der Waals surface area contributed by atoms with Crippen molar-refractivity contribution in [2.75, 3.05) is 34.8 Å². The molecule has 1 aliphatic rings. The molecule has 0 spiro atoms. The van der Waals surface area contributed by atoms with Crippen LogP contribution < -0.4 is 15.1 Å². The fraction of sp³-hybridized carbons (Fsp3) is 0.263. The van der Waals surface area contributed by atoms with Gasteiger partial charge in [-0.2, -0.15) is 0 Å². The number of nitrogens with one attached hydrogen (secondary N) is 1. The minimum Gasteiger partial charge on any atom is -0.349 e. The van der Waals surface area contributed by atoms with Crippen LogP contribution in [0.2, 0.25) is 0 Å². The van der Waals surface area contributed by atoms with Gasteiger partial charge >= 0.3 is 6.03 Å². The number of benzene rings is 1. The van der Waals surface area contributed by atoms with Crippen molar-refractivity contribution >= 4 is 23.2 Å². The van der Waals surface area contributed by atoms with E-state index in [9.17, 15) is 4.79 Å². The van der Waals surface area contributed by atoms with Crippen LogP contribution in [0, 0.1) is 13.8 Å². The van der Waals surface area contributed by atoms with Gasteiger partial charge in [0.2, 0.25) is 0 Å². The number of aryl methyl sites for hydroxylation is 2. The average Bonchev–Trinajstić information content (AvgIpc) is 2.58. The molecule has 0 saturated carbocycles. The Bertz CT molecular complexity index is 772. The largest absolute Gasteiger partial charge is 0.349 e. The Morgan fingerprint density at radius 3 is 2.96 bits per heavy atom. The molecule has 124 valence electrons. The zero-order valence-electron chi connectivity index (χ0n) is 14.1. The van der Waals surface area contributed by atoms with Crippen molar-refractivity contribution in [1.29, 1.82) is 0 Å². The van der Waals surface area contributed by atoms with Crippen LogP contribution in [-0.4, -0.2) is 30.6 Å². The van der Waals surface area contributed by atoms with Gasteiger partial charge in [-0.1, -0.05) is 18.2 Å². The predicted octanol–water partition coefficient (Wildman–Crippen LogP) is 3.74. The molecule has 2 heterocycles. The Morgan fingerprint density at radius 2 is 2.17 bits per heavy atom. The number of hydrogen-bond donors (Lipinski definition) is 1. The van der Waals surface area contributed by atoms with Gasteiger partial charge in [-0.15, -0.1) is 6.58 Å². The lowest BCUT2D eigenvalue weighted by atomic mass is 10.1. The van der Waals surface area contributed by atoms with E-state index in [1.54, 1.807) is 11.1 Å². The van der Waals surface area contributed by atoms with E-state index in [-0.39, 0.29) is 6.03 Å². The molecule has 0 radical (unpaired) electrons. The second-order valence-electron chi connectivity index (χ2n) is 5.98. The topological polar surface area (TPSA) is 48.5 Å². The van der Waals surface area contributed by atoms with Crippen molar-refractivity contribution < 1.29 is 4.79 Å². The first-order valence-corrected chi connectivity index (χ1v) is 8.07. The number of rotatable bonds is 3. The van der Waals surface area contributed by atoms with Crippen LogP contribution >= 0.6 is 0 Å². The quantitative estimate of drug-likeness (QED) is 0.876. The number of aromatic nitrogens is 1. The maximum Gasteiger partial charge on any atom is 0.326 e. The molecule has 1 aromatic carbocycles. The summed E-state index contributed by atoms with van der Waals surface area (Å²) in [5.41, 5.74) is 3.84. The molecule has 1 aliphatic heterocycles. The van der Waals surface area contributed by atoms with Crippen LogP contribution in [0.4, 0.5) is 22.0 Å². The van der Waals surface area contributed by atoms with Crippen LogP contribution in [0.15, 0.2) is 49.2 Å². The zero-order valence-corrected chi connectivity index (χ0v) is 14.1. The molecule has 0 saturated heterocycles. The molecule has 2 aromatic rings. The first kappa shape index (κ1) is 16.1. The van der Waals surface area contributed by atoms with Gasteiger partial charge in [-0.3, -0.25) is 4.90 Å². The van der Waals surface area contributed by atoms with Crippen molar-refractivity contribution in [1.82, 2.24) is 4.98 Å². The summed E-state index contributed by atoms with van der Waals surface area (Å²) in [7, 11) is 0. The van der Waals surface area contributed by atoms with E-state index < -0.39 is 0 Å². The van der Waals surface area contributed by atoms with Crippen LogP contribution in [0.25, 0.3) is 0 Å². The minimum atomic E-state index is -0.129. The highest BCUT2D eigenvalue weighted by Gasteiger charge is 2.27. The Kier molecular flexibility index (Phi) is 4.51. The van der Waals surface area contributed by atoms with Gasteiger partial charge in [-0.05, 0) is 43.2 Å². The van der Waals surface area contributed by atoms with Crippen molar-refractivity contribution in [2.45, 2.75) is 13.8 Å². The molecule has 5 nitrogen and oxygen atoms in total. The van der Waals surface area contributed by atoms with Gasteiger partial charge in [0, 0.05) is 31.5 Å². The fourth-order valence-electron chi connectivity index (χ4n) is 2.89. The molecule has 5 heteroatoms. The third kappa shape index (κ3) is 3.11. The highest BCUT2D eigenvalue weighted by molar-refractivity contribution is 6.04. The lowest BCUT2D eigenvalue weighted by Gasteiger charge is -2.36. The van der Waals surface area contributed by atoms with Gasteiger partial charge in [0.25, 0.3) is 0 Å². The lowest BCUT2D eigenvalue weighted by Crippen LogP contribution is -2.46. The van der Waals surface area contributed by atoms with Crippen LogP contribution in [0.1, 0.15) is 11.1 Å². The lowest BCUT2D eigenvalue weighted by molar-refractivity contribution is 0.256. The number of carbonyl (C=O) groups is 1. The van der Waals surface area contributed by atoms with Gasteiger partial charge in [-0.25, -0.2) is 9.78 Å². The number of nitrogens with zero attached hydrogens (tertiary/aromatic N) is 3. The second kappa shape index (κ2) is 6.74. The third-order valence-corrected chi connectivity index (χ3v) is 4.18. The number of pyridine rings is 1. The summed E-state index contributed by atoms with van der Waals surface area (Å²) in [6, 6.07) is 9.71. The number of anilines is 3. The Labute approximate surface area is 142 Å². The van der Waals surface area contributed by atoms with Crippen molar-refractivity contribution in [3.8, 4) is 0 Å². The maximum atomic E-state index is 12.8. The van der Waals surface area contributed by atoms with Gasteiger partial charge in [0.05, 0.1) is 5.69 Å². The van der Waals surface area contributed by atoms with Gasteiger partial charge in [0.15, 0.2) is 5.82 Å². The minimum absolute atomic E-state index is 0.129. The van der Waals surface area contributed by atoms with E-state index in [0.29, 0.717) is 6.54 Å². The van der Waals surface area contributed by atoms with Crippen LogP contribution in [0.5, 0.6) is 0 Å². The van der Waals surface area contributed by atoms with E-state index in [1.807, 2.05) is 50.3 Å².